The molecule has 0 saturated carbocycles. The summed E-state index contributed by atoms with van der Waals surface area (Å²) in [7, 11) is 0. The van der Waals surface area contributed by atoms with E-state index in [4.69, 9.17) is 23.2 Å². The Morgan fingerprint density at radius 3 is 2.59 bits per heavy atom. The molecular weight excluding hydrogens is 279 g/mol. The third-order valence-corrected chi connectivity index (χ3v) is 3.62. The largest absolute Gasteiger partial charge is 0.313 e. The van der Waals surface area contributed by atoms with Crippen LogP contribution in [-0.4, -0.2) is 19.1 Å². The van der Waals surface area contributed by atoms with Crippen molar-refractivity contribution in [3.63, 3.8) is 0 Å². The molecule has 1 unspecified atom stereocenters. The summed E-state index contributed by atoms with van der Waals surface area (Å²) in [4.78, 5) is 0. The highest BCUT2D eigenvalue weighted by Crippen LogP contribution is 2.23. The molecule has 1 saturated heterocycles. The van der Waals surface area contributed by atoms with E-state index in [0.29, 0.717) is 6.04 Å². The molecule has 1 aliphatic rings. The van der Waals surface area contributed by atoms with Crippen LogP contribution in [0.5, 0.6) is 0 Å². The third-order valence-electron chi connectivity index (χ3n) is 2.92. The average Bonchev–Trinajstić information content (AvgIpc) is 2.75. The molecule has 0 amide bonds. The van der Waals surface area contributed by atoms with Crippen LogP contribution in [0.4, 0.5) is 0 Å². The van der Waals surface area contributed by atoms with E-state index in [-0.39, 0.29) is 12.4 Å². The fourth-order valence-corrected chi connectivity index (χ4v) is 2.53. The average molecular weight is 296 g/mol. The zero-order valence-electron chi connectivity index (χ0n) is 9.51. The van der Waals surface area contributed by atoms with Crippen LogP contribution in [-0.2, 0) is 6.54 Å². The molecule has 0 aromatic heterocycles. The number of nitrogens with one attached hydrogen (secondary N) is 2. The third kappa shape index (κ3) is 4.31. The molecule has 96 valence electrons. The first-order valence-electron chi connectivity index (χ1n) is 5.64. The minimum atomic E-state index is 0. The molecule has 17 heavy (non-hydrogen) atoms. The van der Waals surface area contributed by atoms with E-state index >= 15 is 0 Å². The highest BCUT2D eigenvalue weighted by Gasteiger charge is 2.13. The lowest BCUT2D eigenvalue weighted by Crippen LogP contribution is -2.33. The zero-order valence-corrected chi connectivity index (χ0v) is 11.8. The number of halogens is 3. The van der Waals surface area contributed by atoms with E-state index in [1.807, 2.05) is 18.2 Å². The summed E-state index contributed by atoms with van der Waals surface area (Å²) in [6.45, 7) is 2.84. The summed E-state index contributed by atoms with van der Waals surface area (Å²) in [5.74, 6) is 0. The molecular formula is C12H17Cl3N2. The fraction of sp³-hybridized carbons (Fsp3) is 0.500. The highest BCUT2D eigenvalue weighted by molar-refractivity contribution is 6.35. The first-order valence-corrected chi connectivity index (χ1v) is 6.40. The minimum Gasteiger partial charge on any atom is -0.313 e. The molecule has 0 spiro atoms. The molecule has 1 aliphatic heterocycles. The van der Waals surface area contributed by atoms with Gasteiger partial charge < -0.3 is 10.6 Å². The number of hydrogen-bond donors (Lipinski definition) is 2. The SMILES string of the molecule is Cl.Clc1cccc(Cl)c1CNCC1CCCN1. The normalized spacial score (nSPS) is 19.1. The maximum absolute atomic E-state index is 6.08. The molecule has 0 bridgehead atoms. The second-order valence-corrected chi connectivity index (χ2v) is 4.94. The predicted molar refractivity (Wildman–Crippen MR) is 76.4 cm³/mol. The van der Waals surface area contributed by atoms with E-state index in [9.17, 15) is 0 Å². The molecule has 5 heteroatoms. The van der Waals surface area contributed by atoms with Crippen LogP contribution in [0.1, 0.15) is 18.4 Å². The first-order chi connectivity index (χ1) is 7.77. The van der Waals surface area contributed by atoms with Crippen molar-refractivity contribution in [2.24, 2.45) is 0 Å². The van der Waals surface area contributed by atoms with Crippen LogP contribution in [0.15, 0.2) is 18.2 Å². The van der Waals surface area contributed by atoms with Crippen LogP contribution in [0.2, 0.25) is 10.0 Å². The van der Waals surface area contributed by atoms with Crippen molar-refractivity contribution in [2.45, 2.75) is 25.4 Å². The Bertz CT molecular complexity index is 331. The Morgan fingerprint density at radius 1 is 1.29 bits per heavy atom. The van der Waals surface area contributed by atoms with Gasteiger partial charge in [-0.1, -0.05) is 29.3 Å². The van der Waals surface area contributed by atoms with E-state index < -0.39 is 0 Å². The molecule has 0 aliphatic carbocycles. The van der Waals surface area contributed by atoms with Gasteiger partial charge in [0.25, 0.3) is 0 Å². The van der Waals surface area contributed by atoms with Gasteiger partial charge >= 0.3 is 0 Å². The Balaban J connectivity index is 0.00000144. The highest BCUT2D eigenvalue weighted by atomic mass is 35.5. The van der Waals surface area contributed by atoms with Crippen molar-refractivity contribution in [1.82, 2.24) is 10.6 Å². The van der Waals surface area contributed by atoms with Gasteiger partial charge in [-0.3, -0.25) is 0 Å². The first kappa shape index (κ1) is 15.1. The summed E-state index contributed by atoms with van der Waals surface area (Å²) < 4.78 is 0. The number of rotatable bonds is 4. The lowest BCUT2D eigenvalue weighted by Gasteiger charge is -2.12. The van der Waals surface area contributed by atoms with Crippen LogP contribution in [0.3, 0.4) is 0 Å². The molecule has 1 heterocycles. The predicted octanol–water partition coefficient (Wildman–Crippen LogP) is 3.26. The molecule has 1 atom stereocenters. The summed E-state index contributed by atoms with van der Waals surface area (Å²) in [5.41, 5.74) is 0.990. The van der Waals surface area contributed by atoms with E-state index in [1.54, 1.807) is 0 Å². The summed E-state index contributed by atoms with van der Waals surface area (Å²) in [5, 5.41) is 8.31. The summed E-state index contributed by atoms with van der Waals surface area (Å²) >= 11 is 12.2. The molecule has 1 aromatic carbocycles. The van der Waals surface area contributed by atoms with Gasteiger partial charge in [0.15, 0.2) is 0 Å². The second kappa shape index (κ2) is 7.45. The van der Waals surface area contributed by atoms with Gasteiger partial charge in [0.1, 0.15) is 0 Å². The molecule has 1 fully saturated rings. The van der Waals surface area contributed by atoms with Crippen LogP contribution >= 0.6 is 35.6 Å². The van der Waals surface area contributed by atoms with Crippen molar-refractivity contribution in [3.8, 4) is 0 Å². The Labute approximate surface area is 118 Å². The zero-order chi connectivity index (χ0) is 11.4. The smallest absolute Gasteiger partial charge is 0.0465 e. The Kier molecular flexibility index (Phi) is 6.60. The van der Waals surface area contributed by atoms with Crippen molar-refractivity contribution in [2.75, 3.05) is 13.1 Å². The summed E-state index contributed by atoms with van der Waals surface area (Å²) in [6.07, 6.45) is 2.53. The van der Waals surface area contributed by atoms with Crippen molar-refractivity contribution < 1.29 is 0 Å². The molecule has 0 radical (unpaired) electrons. The Morgan fingerprint density at radius 2 is 2.00 bits per heavy atom. The quantitative estimate of drug-likeness (QED) is 0.891. The fourth-order valence-electron chi connectivity index (χ4n) is 2.00. The molecule has 1 aromatic rings. The second-order valence-electron chi connectivity index (χ2n) is 4.12. The molecule has 2 rings (SSSR count). The maximum Gasteiger partial charge on any atom is 0.0465 e. The van der Waals surface area contributed by atoms with E-state index in [1.165, 1.54) is 12.8 Å². The van der Waals surface area contributed by atoms with Crippen molar-refractivity contribution >= 4 is 35.6 Å². The number of benzene rings is 1. The van der Waals surface area contributed by atoms with Crippen LogP contribution in [0.25, 0.3) is 0 Å². The van der Waals surface area contributed by atoms with Gasteiger partial charge in [-0.25, -0.2) is 0 Å². The standard InChI is InChI=1S/C12H16Cl2N2.ClH/c13-11-4-1-5-12(14)10(11)8-15-7-9-3-2-6-16-9;/h1,4-5,9,15-16H,2-3,6-8H2;1H. The van der Waals surface area contributed by atoms with Crippen molar-refractivity contribution in [1.29, 1.82) is 0 Å². The van der Waals surface area contributed by atoms with Gasteiger partial charge in [0, 0.05) is 34.7 Å². The summed E-state index contributed by atoms with van der Waals surface area (Å²) in [6, 6.07) is 6.21. The van der Waals surface area contributed by atoms with Gasteiger partial charge in [-0.15, -0.1) is 12.4 Å². The van der Waals surface area contributed by atoms with E-state index in [0.717, 1.165) is 35.2 Å². The molecule has 2 nitrogen and oxygen atoms in total. The topological polar surface area (TPSA) is 24.1 Å². The van der Waals surface area contributed by atoms with Crippen molar-refractivity contribution in [3.05, 3.63) is 33.8 Å². The van der Waals surface area contributed by atoms with Crippen LogP contribution < -0.4 is 10.6 Å². The maximum atomic E-state index is 6.08. The molecule has 2 N–H and O–H groups in total. The Hall–Kier alpha value is 0.01000. The monoisotopic (exact) mass is 294 g/mol. The van der Waals surface area contributed by atoms with Crippen LogP contribution in [0, 0.1) is 0 Å². The van der Waals surface area contributed by atoms with Gasteiger partial charge in [0.2, 0.25) is 0 Å². The van der Waals surface area contributed by atoms with Gasteiger partial charge in [-0.05, 0) is 31.5 Å². The van der Waals surface area contributed by atoms with Gasteiger partial charge in [-0.2, -0.15) is 0 Å². The lowest BCUT2D eigenvalue weighted by molar-refractivity contribution is 0.536. The number of hydrogen-bond acceptors (Lipinski definition) is 2. The van der Waals surface area contributed by atoms with E-state index in [2.05, 4.69) is 10.6 Å². The van der Waals surface area contributed by atoms with Gasteiger partial charge in [0.05, 0.1) is 0 Å². The lowest BCUT2D eigenvalue weighted by atomic mass is 10.2. The minimum absolute atomic E-state index is 0.